The third-order valence-electron chi connectivity index (χ3n) is 5.55. The van der Waals surface area contributed by atoms with Crippen molar-refractivity contribution in [1.82, 2.24) is 30.2 Å². The molecule has 1 aliphatic rings. The maximum Gasteiger partial charge on any atom is 0.326 e. The lowest BCUT2D eigenvalue weighted by atomic mass is 10.0. The minimum absolute atomic E-state index is 0.0356. The molecular formula is C21H20ClN7O3. The van der Waals surface area contributed by atoms with Gasteiger partial charge in [0.2, 0.25) is 11.2 Å². The molecule has 4 aromatic rings. The number of carbonyl (C=O) groups is 2. The Morgan fingerprint density at radius 1 is 1.25 bits per heavy atom. The zero-order valence-corrected chi connectivity index (χ0v) is 17.6. The number of rotatable bonds is 8. The molecule has 1 aliphatic carbocycles. The first-order valence-electron chi connectivity index (χ1n) is 10.2. The monoisotopic (exact) mass is 453 g/mol. The van der Waals surface area contributed by atoms with Crippen LogP contribution in [-0.4, -0.2) is 60.5 Å². The van der Waals surface area contributed by atoms with E-state index in [4.69, 9.17) is 11.6 Å². The summed E-state index contributed by atoms with van der Waals surface area (Å²) in [7, 11) is 0. The first-order chi connectivity index (χ1) is 15.5. The quantitative estimate of drug-likeness (QED) is 0.300. The van der Waals surface area contributed by atoms with Crippen LogP contribution in [0, 0.1) is 0 Å². The number of nitrogens with zero attached hydrogens (tertiary/aromatic N) is 4. The highest BCUT2D eigenvalue weighted by Crippen LogP contribution is 2.33. The van der Waals surface area contributed by atoms with Gasteiger partial charge in [0.05, 0.1) is 12.9 Å². The second-order valence-electron chi connectivity index (χ2n) is 7.80. The molecule has 1 amide bonds. The number of imidazole rings is 1. The molecule has 0 saturated heterocycles. The van der Waals surface area contributed by atoms with Crippen molar-refractivity contribution in [3.63, 3.8) is 0 Å². The summed E-state index contributed by atoms with van der Waals surface area (Å²) in [6, 6.07) is 6.69. The number of aliphatic carboxylic acids is 1. The SMILES string of the molecule is O=C(CN(c1nc(Cl)nc2nc[nH]c12)C1CC1)N[C@@H](Cc1c[nH]c2ccccc12)C(=O)O. The van der Waals surface area contributed by atoms with Crippen LogP contribution in [0.2, 0.25) is 5.28 Å². The average Bonchev–Trinajstić information content (AvgIpc) is 3.36. The number of carboxylic acid groups (broad SMARTS) is 1. The zero-order valence-electron chi connectivity index (χ0n) is 16.9. The van der Waals surface area contributed by atoms with E-state index in [0.29, 0.717) is 17.0 Å². The number of amides is 1. The number of para-hydroxylation sites is 1. The van der Waals surface area contributed by atoms with Crippen molar-refractivity contribution < 1.29 is 14.7 Å². The summed E-state index contributed by atoms with van der Waals surface area (Å²) in [5, 5.41) is 13.4. The number of carbonyl (C=O) groups excluding carboxylic acids is 1. The maximum atomic E-state index is 12.9. The van der Waals surface area contributed by atoms with Gasteiger partial charge in [0, 0.05) is 29.6 Å². The van der Waals surface area contributed by atoms with Crippen LogP contribution in [0.5, 0.6) is 0 Å². The summed E-state index contributed by atoms with van der Waals surface area (Å²) >= 11 is 6.06. The lowest BCUT2D eigenvalue weighted by molar-refractivity contribution is -0.141. The number of nitrogens with one attached hydrogen (secondary N) is 3. The normalized spacial score (nSPS) is 14.5. The molecule has 0 radical (unpaired) electrons. The molecule has 32 heavy (non-hydrogen) atoms. The standard InChI is InChI=1S/C21H20ClN7O3/c22-21-27-18-17(24-10-25-18)19(28-21)29(12-5-6-12)9-16(30)26-15(20(31)32)7-11-8-23-14-4-2-1-3-13(11)14/h1-4,8,10,12,15,23H,5-7,9H2,(H,26,30)(H,31,32)(H,24,25,27,28)/t15-/m0/s1. The van der Waals surface area contributed by atoms with Gasteiger partial charge in [-0.25, -0.2) is 9.78 Å². The molecule has 3 heterocycles. The highest BCUT2D eigenvalue weighted by molar-refractivity contribution is 6.28. The Kier molecular flexibility index (Phi) is 5.14. The summed E-state index contributed by atoms with van der Waals surface area (Å²) in [6.45, 7) is -0.0518. The van der Waals surface area contributed by atoms with E-state index < -0.39 is 17.9 Å². The number of aromatic amines is 2. The Morgan fingerprint density at radius 3 is 2.84 bits per heavy atom. The maximum absolute atomic E-state index is 12.9. The van der Waals surface area contributed by atoms with Gasteiger partial charge in [-0.15, -0.1) is 0 Å². The molecule has 0 aliphatic heterocycles. The van der Waals surface area contributed by atoms with E-state index in [1.165, 1.54) is 6.33 Å². The Balaban J connectivity index is 1.35. The largest absolute Gasteiger partial charge is 0.480 e. The molecule has 0 spiro atoms. The first kappa shape index (κ1) is 20.3. The summed E-state index contributed by atoms with van der Waals surface area (Å²) < 4.78 is 0. The molecule has 1 aromatic carbocycles. The minimum Gasteiger partial charge on any atom is -0.480 e. The van der Waals surface area contributed by atoms with Crippen LogP contribution in [0.3, 0.4) is 0 Å². The van der Waals surface area contributed by atoms with Gasteiger partial charge in [-0.05, 0) is 36.1 Å². The number of H-pyrrole nitrogens is 2. The fourth-order valence-corrected chi connectivity index (χ4v) is 4.04. The molecule has 1 fully saturated rings. The highest BCUT2D eigenvalue weighted by Gasteiger charge is 2.34. The topological polar surface area (TPSA) is 140 Å². The number of carboxylic acids is 1. The van der Waals surface area contributed by atoms with Crippen LogP contribution in [0.4, 0.5) is 5.82 Å². The average molecular weight is 454 g/mol. The van der Waals surface area contributed by atoms with Crippen LogP contribution < -0.4 is 10.2 Å². The molecule has 164 valence electrons. The van der Waals surface area contributed by atoms with Crippen LogP contribution >= 0.6 is 11.6 Å². The van der Waals surface area contributed by atoms with Gasteiger partial charge in [-0.2, -0.15) is 9.97 Å². The molecule has 5 rings (SSSR count). The van der Waals surface area contributed by atoms with E-state index in [0.717, 1.165) is 29.3 Å². The van der Waals surface area contributed by atoms with E-state index in [9.17, 15) is 14.7 Å². The van der Waals surface area contributed by atoms with Crippen molar-refractivity contribution in [2.45, 2.75) is 31.3 Å². The zero-order chi connectivity index (χ0) is 22.2. The Morgan fingerprint density at radius 2 is 2.06 bits per heavy atom. The molecule has 3 aromatic heterocycles. The smallest absolute Gasteiger partial charge is 0.326 e. The second kappa shape index (κ2) is 8.12. The van der Waals surface area contributed by atoms with E-state index in [2.05, 4.69) is 30.2 Å². The number of fused-ring (bicyclic) bond motifs is 2. The van der Waals surface area contributed by atoms with Gasteiger partial charge in [0.1, 0.15) is 11.6 Å². The van der Waals surface area contributed by atoms with Crippen molar-refractivity contribution >= 4 is 51.4 Å². The molecule has 0 bridgehead atoms. The molecular weight excluding hydrogens is 434 g/mol. The molecule has 0 unspecified atom stereocenters. The summed E-state index contributed by atoms with van der Waals surface area (Å²) in [5.41, 5.74) is 2.74. The van der Waals surface area contributed by atoms with Gasteiger partial charge in [0.15, 0.2) is 11.5 Å². The van der Waals surface area contributed by atoms with Crippen molar-refractivity contribution in [3.8, 4) is 0 Å². The van der Waals surface area contributed by atoms with Crippen molar-refractivity contribution in [2.24, 2.45) is 0 Å². The Labute approximate surface area is 187 Å². The molecule has 1 atom stereocenters. The van der Waals surface area contributed by atoms with Crippen molar-refractivity contribution in [3.05, 3.63) is 47.6 Å². The lowest BCUT2D eigenvalue weighted by Crippen LogP contribution is -2.47. The van der Waals surface area contributed by atoms with E-state index in [1.807, 2.05) is 29.2 Å². The van der Waals surface area contributed by atoms with Gasteiger partial charge in [0.25, 0.3) is 0 Å². The second-order valence-corrected chi connectivity index (χ2v) is 8.14. The fraction of sp³-hybridized carbons (Fsp3) is 0.286. The van der Waals surface area contributed by atoms with E-state index in [1.54, 1.807) is 6.20 Å². The predicted octanol–water partition coefficient (Wildman–Crippen LogP) is 2.27. The van der Waals surface area contributed by atoms with Gasteiger partial charge < -0.3 is 25.3 Å². The van der Waals surface area contributed by atoms with Crippen molar-refractivity contribution in [1.29, 1.82) is 0 Å². The first-order valence-corrected chi connectivity index (χ1v) is 10.6. The molecule has 4 N–H and O–H groups in total. The number of halogens is 1. The number of benzene rings is 1. The van der Waals surface area contributed by atoms with Crippen LogP contribution in [0.15, 0.2) is 36.8 Å². The van der Waals surface area contributed by atoms with Crippen LogP contribution in [-0.2, 0) is 16.0 Å². The lowest BCUT2D eigenvalue weighted by Gasteiger charge is -2.24. The minimum atomic E-state index is -1.09. The summed E-state index contributed by atoms with van der Waals surface area (Å²) in [5.74, 6) is -1.02. The van der Waals surface area contributed by atoms with E-state index >= 15 is 0 Å². The fourth-order valence-electron chi connectivity index (χ4n) is 3.88. The third-order valence-corrected chi connectivity index (χ3v) is 5.71. The van der Waals surface area contributed by atoms with Crippen LogP contribution in [0.25, 0.3) is 22.1 Å². The summed E-state index contributed by atoms with van der Waals surface area (Å²) in [6.07, 6.45) is 5.25. The van der Waals surface area contributed by atoms with Gasteiger partial charge in [-0.1, -0.05) is 18.2 Å². The third kappa shape index (κ3) is 3.96. The van der Waals surface area contributed by atoms with Crippen LogP contribution in [0.1, 0.15) is 18.4 Å². The Hall–Kier alpha value is -3.66. The van der Waals surface area contributed by atoms with Gasteiger partial charge >= 0.3 is 5.97 Å². The van der Waals surface area contributed by atoms with Crippen molar-refractivity contribution in [2.75, 3.05) is 11.4 Å². The summed E-state index contributed by atoms with van der Waals surface area (Å²) in [4.78, 5) is 45.3. The number of hydrogen-bond acceptors (Lipinski definition) is 6. The number of aromatic nitrogens is 5. The highest BCUT2D eigenvalue weighted by atomic mass is 35.5. The molecule has 10 nitrogen and oxygen atoms in total. The molecule has 1 saturated carbocycles. The van der Waals surface area contributed by atoms with Gasteiger partial charge in [-0.3, -0.25) is 4.79 Å². The number of hydrogen-bond donors (Lipinski definition) is 4. The predicted molar refractivity (Wildman–Crippen MR) is 119 cm³/mol. The Bertz CT molecular complexity index is 1310. The number of anilines is 1. The molecule has 11 heteroatoms. The van der Waals surface area contributed by atoms with E-state index in [-0.39, 0.29) is 24.3 Å².